The number of aliphatic hydroxyl groups is 2. The number of aliphatic hydroxyl groups excluding tert-OH is 2. The summed E-state index contributed by atoms with van der Waals surface area (Å²) in [7, 11) is 0. The molecule has 0 heterocycles. The lowest BCUT2D eigenvalue weighted by Gasteiger charge is -2.24. The van der Waals surface area contributed by atoms with Crippen LogP contribution < -0.4 is 5.32 Å². The van der Waals surface area contributed by atoms with Gasteiger partial charge in [-0.3, -0.25) is 9.59 Å². The van der Waals surface area contributed by atoms with Gasteiger partial charge in [0.15, 0.2) is 0 Å². The van der Waals surface area contributed by atoms with Crippen molar-refractivity contribution in [3.05, 3.63) is 60.8 Å². The van der Waals surface area contributed by atoms with Crippen LogP contribution in [-0.2, 0) is 14.3 Å². The number of rotatable bonds is 45. The van der Waals surface area contributed by atoms with Gasteiger partial charge in [-0.2, -0.15) is 0 Å². The van der Waals surface area contributed by atoms with Crippen LogP contribution in [0.15, 0.2) is 60.8 Å². The molecule has 3 atom stereocenters. The fourth-order valence-electron chi connectivity index (χ4n) is 7.49. The Kier molecular flexibility index (Phi) is 45.7. The first-order valence-corrected chi connectivity index (χ1v) is 25.6. The summed E-state index contributed by atoms with van der Waals surface area (Å²) in [5, 5.41) is 23.7. The monoisotopic (exact) mass is 840 g/mol. The standard InChI is InChI=1S/C54H97NO5/c1-4-7-10-13-16-19-22-24-26-28-29-31-33-36-39-42-45-50(60-54(59)47-44-41-38-35-32-30-27-25-23-20-17-14-11-8-5-2)48-53(58)55-51(49-56)52(57)46-43-40-37-34-21-18-15-12-9-6-3/h16,19-20,22-24,26,28-29,31,50-52,56-57H,4-15,17-18,21,25,27,30,32-49H2,1-3H3,(H,55,58)/b19-16+,23-20-,24-22+,28-26+,31-29+. The molecule has 0 saturated carbocycles. The Labute approximate surface area is 371 Å². The molecule has 348 valence electrons. The number of hydrogen-bond donors (Lipinski definition) is 3. The summed E-state index contributed by atoms with van der Waals surface area (Å²) in [6.07, 6.45) is 58.4. The Balaban J connectivity index is 4.69. The van der Waals surface area contributed by atoms with E-state index in [2.05, 4.69) is 80.8 Å². The Hall–Kier alpha value is -2.44. The average molecular weight is 840 g/mol. The van der Waals surface area contributed by atoms with E-state index in [1.807, 2.05) is 6.08 Å². The quantitative estimate of drug-likeness (QED) is 0.0246. The SMILES string of the molecule is CCCCC/C=C/C=C/C=C/C=C/CCCCCC(CC(=O)NC(CO)C(O)CCCCCCCCCCCC)OC(=O)CCCCCCCCC/C=C\CCCCCC. The molecular weight excluding hydrogens is 743 g/mol. The Morgan fingerprint density at radius 2 is 0.867 bits per heavy atom. The molecule has 3 N–H and O–H groups in total. The maximum absolute atomic E-state index is 13.2. The summed E-state index contributed by atoms with van der Waals surface area (Å²) in [5.74, 6) is -0.517. The van der Waals surface area contributed by atoms with Crippen LogP contribution in [-0.4, -0.2) is 46.9 Å². The van der Waals surface area contributed by atoms with Crippen LogP contribution in [0.25, 0.3) is 0 Å². The number of nitrogens with one attached hydrogen (secondary N) is 1. The second-order valence-electron chi connectivity index (χ2n) is 17.3. The van der Waals surface area contributed by atoms with E-state index >= 15 is 0 Å². The Morgan fingerprint density at radius 3 is 1.40 bits per heavy atom. The predicted molar refractivity (Wildman–Crippen MR) is 259 cm³/mol. The largest absolute Gasteiger partial charge is 0.462 e. The molecule has 0 aromatic heterocycles. The van der Waals surface area contributed by atoms with Crippen molar-refractivity contribution in [3.8, 4) is 0 Å². The minimum atomic E-state index is -0.799. The number of hydrogen-bond acceptors (Lipinski definition) is 5. The van der Waals surface area contributed by atoms with Crippen molar-refractivity contribution >= 4 is 11.9 Å². The molecule has 60 heavy (non-hydrogen) atoms. The fraction of sp³-hybridized carbons (Fsp3) is 0.778. The van der Waals surface area contributed by atoms with E-state index in [4.69, 9.17) is 4.74 Å². The van der Waals surface area contributed by atoms with Crippen molar-refractivity contribution in [1.82, 2.24) is 5.32 Å². The summed E-state index contributed by atoms with van der Waals surface area (Å²) in [6, 6.07) is -0.715. The molecule has 0 fully saturated rings. The summed E-state index contributed by atoms with van der Waals surface area (Å²) in [4.78, 5) is 26.1. The number of carbonyl (C=O) groups excluding carboxylic acids is 2. The van der Waals surface area contributed by atoms with Crippen LogP contribution in [0.3, 0.4) is 0 Å². The molecule has 0 aliphatic rings. The summed E-state index contributed by atoms with van der Waals surface area (Å²) >= 11 is 0. The zero-order chi connectivity index (χ0) is 43.8. The summed E-state index contributed by atoms with van der Waals surface area (Å²) in [5.41, 5.74) is 0. The smallest absolute Gasteiger partial charge is 0.306 e. The molecule has 1 amide bonds. The van der Waals surface area contributed by atoms with Crippen LogP contribution in [0.4, 0.5) is 0 Å². The van der Waals surface area contributed by atoms with Gasteiger partial charge in [-0.1, -0.05) is 216 Å². The molecule has 0 radical (unpaired) electrons. The third-order valence-electron chi connectivity index (χ3n) is 11.4. The van der Waals surface area contributed by atoms with Crippen molar-refractivity contribution in [2.75, 3.05) is 6.61 Å². The highest BCUT2D eigenvalue weighted by Crippen LogP contribution is 2.17. The van der Waals surface area contributed by atoms with Gasteiger partial charge in [-0.05, 0) is 77.0 Å². The molecule has 0 saturated heterocycles. The van der Waals surface area contributed by atoms with E-state index in [-0.39, 0.29) is 24.9 Å². The highest BCUT2D eigenvalue weighted by Gasteiger charge is 2.24. The number of carbonyl (C=O) groups is 2. The van der Waals surface area contributed by atoms with Gasteiger partial charge < -0.3 is 20.3 Å². The molecule has 3 unspecified atom stereocenters. The van der Waals surface area contributed by atoms with Gasteiger partial charge in [-0.25, -0.2) is 0 Å². The highest BCUT2D eigenvalue weighted by atomic mass is 16.5. The minimum Gasteiger partial charge on any atom is -0.462 e. The lowest BCUT2D eigenvalue weighted by molar-refractivity contribution is -0.151. The van der Waals surface area contributed by atoms with Crippen molar-refractivity contribution in [2.45, 2.75) is 264 Å². The van der Waals surface area contributed by atoms with Gasteiger partial charge in [0.2, 0.25) is 5.91 Å². The van der Waals surface area contributed by atoms with E-state index in [0.29, 0.717) is 19.3 Å². The van der Waals surface area contributed by atoms with Gasteiger partial charge in [0.05, 0.1) is 25.2 Å². The predicted octanol–water partition coefficient (Wildman–Crippen LogP) is 15.2. The van der Waals surface area contributed by atoms with E-state index in [0.717, 1.165) is 70.6 Å². The van der Waals surface area contributed by atoms with Crippen molar-refractivity contribution in [3.63, 3.8) is 0 Å². The van der Waals surface area contributed by atoms with E-state index in [9.17, 15) is 19.8 Å². The van der Waals surface area contributed by atoms with E-state index < -0.39 is 18.2 Å². The third-order valence-corrected chi connectivity index (χ3v) is 11.4. The molecular formula is C54H97NO5. The number of esters is 1. The Morgan fingerprint density at radius 1 is 0.483 bits per heavy atom. The lowest BCUT2D eigenvalue weighted by atomic mass is 10.0. The summed E-state index contributed by atoms with van der Waals surface area (Å²) < 4.78 is 5.91. The van der Waals surface area contributed by atoms with Gasteiger partial charge in [0.1, 0.15) is 6.10 Å². The van der Waals surface area contributed by atoms with Gasteiger partial charge in [0.25, 0.3) is 0 Å². The maximum atomic E-state index is 13.2. The molecule has 0 aromatic carbocycles. The van der Waals surface area contributed by atoms with Crippen LogP contribution in [0.5, 0.6) is 0 Å². The number of amides is 1. The zero-order valence-corrected chi connectivity index (χ0v) is 39.6. The van der Waals surface area contributed by atoms with Gasteiger partial charge >= 0.3 is 5.97 Å². The second kappa shape index (κ2) is 47.6. The fourth-order valence-corrected chi connectivity index (χ4v) is 7.49. The molecule has 6 heteroatoms. The number of allylic oxidation sites excluding steroid dienone is 10. The van der Waals surface area contributed by atoms with Crippen LogP contribution >= 0.6 is 0 Å². The summed E-state index contributed by atoms with van der Waals surface area (Å²) in [6.45, 7) is 6.41. The van der Waals surface area contributed by atoms with Crippen molar-refractivity contribution < 1.29 is 24.5 Å². The number of unbranched alkanes of at least 4 members (excludes halogenated alkanes) is 26. The van der Waals surface area contributed by atoms with Gasteiger partial charge in [0, 0.05) is 6.42 Å². The first-order valence-electron chi connectivity index (χ1n) is 25.6. The second-order valence-corrected chi connectivity index (χ2v) is 17.3. The molecule has 0 rings (SSSR count). The van der Waals surface area contributed by atoms with Crippen LogP contribution in [0, 0.1) is 0 Å². The van der Waals surface area contributed by atoms with Gasteiger partial charge in [-0.15, -0.1) is 0 Å². The van der Waals surface area contributed by atoms with E-state index in [1.165, 1.54) is 128 Å². The zero-order valence-electron chi connectivity index (χ0n) is 39.6. The minimum absolute atomic E-state index is 0.0490. The highest BCUT2D eigenvalue weighted by molar-refractivity contribution is 5.77. The Bertz CT molecular complexity index is 1080. The van der Waals surface area contributed by atoms with Crippen molar-refractivity contribution in [2.24, 2.45) is 0 Å². The topological polar surface area (TPSA) is 95.9 Å². The van der Waals surface area contributed by atoms with Crippen molar-refractivity contribution in [1.29, 1.82) is 0 Å². The third kappa shape index (κ3) is 42.3. The molecule has 0 spiro atoms. The molecule has 0 aliphatic heterocycles. The normalized spacial score (nSPS) is 13.8. The first kappa shape index (κ1) is 57.6. The van der Waals surface area contributed by atoms with E-state index in [1.54, 1.807) is 0 Å². The molecule has 6 nitrogen and oxygen atoms in total. The first-order chi connectivity index (χ1) is 29.5. The molecule has 0 aromatic rings. The average Bonchev–Trinajstić information content (AvgIpc) is 3.24. The van der Waals surface area contributed by atoms with Crippen LogP contribution in [0.1, 0.15) is 245 Å². The maximum Gasteiger partial charge on any atom is 0.306 e. The molecule has 0 bridgehead atoms. The molecule has 0 aliphatic carbocycles. The number of ether oxygens (including phenoxy) is 1. The lowest BCUT2D eigenvalue weighted by Crippen LogP contribution is -2.46. The van der Waals surface area contributed by atoms with Crippen LogP contribution in [0.2, 0.25) is 0 Å².